The smallest absolute Gasteiger partial charge is 0.123 e. The minimum Gasteiger partial charge on any atom is -0.497 e. The summed E-state index contributed by atoms with van der Waals surface area (Å²) in [5, 5.41) is 0.528. The van der Waals surface area contributed by atoms with Crippen molar-refractivity contribution < 1.29 is 9.13 Å². The van der Waals surface area contributed by atoms with Crippen LogP contribution in [-0.4, -0.2) is 7.11 Å². The van der Waals surface area contributed by atoms with Gasteiger partial charge in [-0.3, -0.25) is 11.3 Å². The van der Waals surface area contributed by atoms with E-state index < -0.39 is 0 Å². The van der Waals surface area contributed by atoms with Crippen LogP contribution in [-0.2, 0) is 6.42 Å². The number of benzene rings is 2. The van der Waals surface area contributed by atoms with E-state index in [9.17, 15) is 4.39 Å². The zero-order valence-corrected chi connectivity index (χ0v) is 11.8. The van der Waals surface area contributed by atoms with Gasteiger partial charge in [0, 0.05) is 5.02 Å². The van der Waals surface area contributed by atoms with E-state index in [0.29, 0.717) is 17.0 Å². The Balaban J connectivity index is 2.21. The number of hydrazine groups is 1. The second-order valence-corrected chi connectivity index (χ2v) is 4.84. The van der Waals surface area contributed by atoms with Gasteiger partial charge in [0.15, 0.2) is 0 Å². The summed E-state index contributed by atoms with van der Waals surface area (Å²) in [7, 11) is 1.61. The third kappa shape index (κ3) is 3.48. The number of hydrogen-bond acceptors (Lipinski definition) is 3. The molecular weight excluding hydrogens is 279 g/mol. The van der Waals surface area contributed by atoms with Crippen LogP contribution in [0.3, 0.4) is 0 Å². The van der Waals surface area contributed by atoms with Crippen LogP contribution in [0.5, 0.6) is 5.75 Å². The number of halogens is 2. The fourth-order valence-electron chi connectivity index (χ4n) is 2.03. The molecule has 0 saturated carbocycles. The highest BCUT2D eigenvalue weighted by molar-refractivity contribution is 6.31. The number of methoxy groups -OCH3 is 1. The van der Waals surface area contributed by atoms with Gasteiger partial charge in [-0.1, -0.05) is 23.7 Å². The lowest BCUT2D eigenvalue weighted by atomic mass is 9.99. The number of rotatable bonds is 5. The van der Waals surface area contributed by atoms with Crippen molar-refractivity contribution in [3.8, 4) is 5.75 Å². The minimum absolute atomic E-state index is 0.153. The minimum atomic E-state index is -0.310. The van der Waals surface area contributed by atoms with Crippen LogP contribution >= 0.6 is 11.6 Å². The molecule has 0 aliphatic carbocycles. The second-order valence-electron chi connectivity index (χ2n) is 4.43. The van der Waals surface area contributed by atoms with Gasteiger partial charge in [-0.2, -0.15) is 0 Å². The Kier molecular flexibility index (Phi) is 4.95. The molecule has 1 unspecified atom stereocenters. The van der Waals surface area contributed by atoms with E-state index in [0.717, 1.165) is 11.3 Å². The average Bonchev–Trinajstić information content (AvgIpc) is 2.48. The monoisotopic (exact) mass is 294 g/mol. The summed E-state index contributed by atoms with van der Waals surface area (Å²) in [6, 6.07) is 11.7. The molecule has 0 spiro atoms. The van der Waals surface area contributed by atoms with Crippen LogP contribution in [0.25, 0.3) is 0 Å². The molecule has 0 bridgehead atoms. The van der Waals surface area contributed by atoms with Gasteiger partial charge in [-0.05, 0) is 47.9 Å². The lowest BCUT2D eigenvalue weighted by molar-refractivity contribution is 0.414. The van der Waals surface area contributed by atoms with Gasteiger partial charge in [-0.25, -0.2) is 4.39 Å². The molecule has 3 N–H and O–H groups in total. The molecule has 0 saturated heterocycles. The van der Waals surface area contributed by atoms with Crippen molar-refractivity contribution in [1.29, 1.82) is 0 Å². The van der Waals surface area contributed by atoms with Crippen molar-refractivity contribution in [2.24, 2.45) is 5.84 Å². The Labute approximate surface area is 122 Å². The quantitative estimate of drug-likeness (QED) is 0.657. The first-order chi connectivity index (χ1) is 9.63. The number of ether oxygens (including phenoxy) is 1. The molecule has 2 aromatic carbocycles. The molecule has 0 amide bonds. The summed E-state index contributed by atoms with van der Waals surface area (Å²) < 4.78 is 18.4. The Hall–Kier alpha value is -1.62. The van der Waals surface area contributed by atoms with Gasteiger partial charge in [0.05, 0.1) is 13.2 Å². The molecule has 20 heavy (non-hydrogen) atoms. The number of hydrogen-bond donors (Lipinski definition) is 2. The van der Waals surface area contributed by atoms with Gasteiger partial charge >= 0.3 is 0 Å². The van der Waals surface area contributed by atoms with Crippen molar-refractivity contribution in [3.63, 3.8) is 0 Å². The van der Waals surface area contributed by atoms with Gasteiger partial charge in [0.2, 0.25) is 0 Å². The van der Waals surface area contributed by atoms with Crippen LogP contribution in [0, 0.1) is 5.82 Å². The van der Waals surface area contributed by atoms with Gasteiger partial charge in [-0.15, -0.1) is 0 Å². The van der Waals surface area contributed by atoms with Crippen molar-refractivity contribution in [1.82, 2.24) is 5.43 Å². The van der Waals surface area contributed by atoms with Crippen LogP contribution in [0.4, 0.5) is 4.39 Å². The van der Waals surface area contributed by atoms with Crippen LogP contribution < -0.4 is 16.0 Å². The SMILES string of the molecule is COc1ccc(C(Cc2cc(F)ccc2Cl)NN)cc1. The zero-order chi connectivity index (χ0) is 14.5. The highest BCUT2D eigenvalue weighted by Gasteiger charge is 2.13. The summed E-state index contributed by atoms with van der Waals surface area (Å²) >= 11 is 6.08. The standard InChI is InChI=1S/C15H16ClFN2O/c1-20-13-5-2-10(3-6-13)15(19-18)9-11-8-12(17)4-7-14(11)16/h2-8,15,19H,9,18H2,1H3. The Morgan fingerprint density at radius 3 is 2.55 bits per heavy atom. The van der Waals surface area contributed by atoms with E-state index in [2.05, 4.69) is 5.43 Å². The van der Waals surface area contributed by atoms with E-state index in [1.165, 1.54) is 12.1 Å². The maximum atomic E-state index is 13.3. The molecule has 0 aliphatic heterocycles. The largest absolute Gasteiger partial charge is 0.497 e. The normalized spacial score (nSPS) is 12.2. The third-order valence-corrected chi connectivity index (χ3v) is 3.52. The van der Waals surface area contributed by atoms with Gasteiger partial charge < -0.3 is 4.74 Å². The number of nitrogens with one attached hydrogen (secondary N) is 1. The maximum Gasteiger partial charge on any atom is 0.123 e. The average molecular weight is 295 g/mol. The highest BCUT2D eigenvalue weighted by Crippen LogP contribution is 2.25. The molecule has 0 radical (unpaired) electrons. The van der Waals surface area contributed by atoms with Crippen molar-refractivity contribution in [3.05, 3.63) is 64.4 Å². The molecule has 3 nitrogen and oxygen atoms in total. The summed E-state index contributed by atoms with van der Waals surface area (Å²) in [6.45, 7) is 0. The Bertz CT molecular complexity index is 575. The third-order valence-electron chi connectivity index (χ3n) is 3.15. The van der Waals surface area contributed by atoms with Crippen LogP contribution in [0.15, 0.2) is 42.5 Å². The van der Waals surface area contributed by atoms with E-state index >= 15 is 0 Å². The van der Waals surface area contributed by atoms with E-state index in [1.807, 2.05) is 24.3 Å². The molecule has 2 rings (SSSR count). The highest BCUT2D eigenvalue weighted by atomic mass is 35.5. The fraction of sp³-hybridized carbons (Fsp3) is 0.200. The number of nitrogens with two attached hydrogens (primary N) is 1. The molecule has 0 heterocycles. The molecular formula is C15H16ClFN2O. The summed E-state index contributed by atoms with van der Waals surface area (Å²) in [5.41, 5.74) is 4.42. The van der Waals surface area contributed by atoms with Gasteiger partial charge in [0.1, 0.15) is 11.6 Å². The lowest BCUT2D eigenvalue weighted by Gasteiger charge is -2.17. The molecule has 5 heteroatoms. The summed E-state index contributed by atoms with van der Waals surface area (Å²) in [5.74, 6) is 6.05. The maximum absolute atomic E-state index is 13.3. The molecule has 106 valence electrons. The summed E-state index contributed by atoms with van der Waals surface area (Å²) in [4.78, 5) is 0. The van der Waals surface area contributed by atoms with Crippen LogP contribution in [0.1, 0.15) is 17.2 Å². The molecule has 0 aromatic heterocycles. The first kappa shape index (κ1) is 14.8. The predicted octanol–water partition coefficient (Wildman–Crippen LogP) is 3.23. The topological polar surface area (TPSA) is 47.3 Å². The Morgan fingerprint density at radius 1 is 1.25 bits per heavy atom. The van der Waals surface area contributed by atoms with E-state index in [-0.39, 0.29) is 11.9 Å². The van der Waals surface area contributed by atoms with Crippen molar-refractivity contribution >= 4 is 11.6 Å². The molecule has 0 fully saturated rings. The Morgan fingerprint density at radius 2 is 1.95 bits per heavy atom. The van der Waals surface area contributed by atoms with E-state index in [4.69, 9.17) is 22.2 Å². The zero-order valence-electron chi connectivity index (χ0n) is 11.1. The lowest BCUT2D eigenvalue weighted by Crippen LogP contribution is -2.29. The fourth-order valence-corrected chi connectivity index (χ4v) is 2.22. The predicted molar refractivity (Wildman–Crippen MR) is 78.2 cm³/mol. The van der Waals surface area contributed by atoms with Crippen molar-refractivity contribution in [2.75, 3.05) is 7.11 Å². The molecule has 2 aromatic rings. The van der Waals surface area contributed by atoms with E-state index in [1.54, 1.807) is 13.2 Å². The first-order valence-corrected chi connectivity index (χ1v) is 6.56. The van der Waals surface area contributed by atoms with Crippen molar-refractivity contribution in [2.45, 2.75) is 12.5 Å². The molecule has 0 aliphatic rings. The second kappa shape index (κ2) is 6.70. The van der Waals surface area contributed by atoms with Gasteiger partial charge in [0.25, 0.3) is 0 Å². The first-order valence-electron chi connectivity index (χ1n) is 6.18. The van der Waals surface area contributed by atoms with Crippen LogP contribution in [0.2, 0.25) is 5.02 Å². The molecule has 1 atom stereocenters. The summed E-state index contributed by atoms with van der Waals surface area (Å²) in [6.07, 6.45) is 0.499.